The van der Waals surface area contributed by atoms with Gasteiger partial charge in [-0.1, -0.05) is 12.1 Å². The lowest BCUT2D eigenvalue weighted by molar-refractivity contribution is 0.0827. The van der Waals surface area contributed by atoms with Crippen molar-refractivity contribution in [3.8, 4) is 0 Å². The summed E-state index contributed by atoms with van der Waals surface area (Å²) >= 11 is 0. The molecule has 82 valence electrons. The second-order valence-electron chi connectivity index (χ2n) is 3.95. The SMILES string of the molecule is C[C@H](O)Cc1ccc(C(=O)N(C)C)cc1. The Bertz CT molecular complexity index is 328. The molecule has 0 aliphatic carbocycles. The molecule has 0 aliphatic rings. The molecule has 1 aromatic carbocycles. The molecular weight excluding hydrogens is 190 g/mol. The molecular formula is C12H17NO2. The highest BCUT2D eigenvalue weighted by molar-refractivity contribution is 5.93. The van der Waals surface area contributed by atoms with Gasteiger partial charge in [0.2, 0.25) is 0 Å². The van der Waals surface area contributed by atoms with Gasteiger partial charge >= 0.3 is 0 Å². The summed E-state index contributed by atoms with van der Waals surface area (Å²) in [5.41, 5.74) is 1.72. The minimum Gasteiger partial charge on any atom is -0.393 e. The summed E-state index contributed by atoms with van der Waals surface area (Å²) in [6, 6.07) is 7.34. The van der Waals surface area contributed by atoms with Crippen molar-refractivity contribution < 1.29 is 9.90 Å². The minimum atomic E-state index is -0.347. The third-order valence-electron chi connectivity index (χ3n) is 2.14. The quantitative estimate of drug-likeness (QED) is 0.812. The van der Waals surface area contributed by atoms with Crippen LogP contribution in [0.25, 0.3) is 0 Å². The van der Waals surface area contributed by atoms with E-state index >= 15 is 0 Å². The molecule has 0 unspecified atom stereocenters. The second kappa shape index (κ2) is 4.94. The Morgan fingerprint density at radius 1 is 1.33 bits per heavy atom. The average Bonchev–Trinajstić information content (AvgIpc) is 2.17. The van der Waals surface area contributed by atoms with E-state index in [4.69, 9.17) is 0 Å². The Hall–Kier alpha value is -1.35. The lowest BCUT2D eigenvalue weighted by Crippen LogP contribution is -2.21. The molecule has 0 heterocycles. The summed E-state index contributed by atoms with van der Waals surface area (Å²) in [6.07, 6.45) is 0.275. The third kappa shape index (κ3) is 3.36. The van der Waals surface area contributed by atoms with Gasteiger partial charge in [0, 0.05) is 19.7 Å². The van der Waals surface area contributed by atoms with Crippen LogP contribution in [0.3, 0.4) is 0 Å². The number of benzene rings is 1. The molecule has 0 bridgehead atoms. The van der Waals surface area contributed by atoms with Crippen LogP contribution >= 0.6 is 0 Å². The van der Waals surface area contributed by atoms with Crippen LogP contribution in [-0.2, 0) is 6.42 Å². The molecule has 0 radical (unpaired) electrons. The normalized spacial score (nSPS) is 12.3. The Morgan fingerprint density at radius 2 is 1.87 bits per heavy atom. The standard InChI is InChI=1S/C12H17NO2/c1-9(14)8-10-4-6-11(7-5-10)12(15)13(2)3/h4-7,9,14H,8H2,1-3H3/t9-/m0/s1. The first-order valence-electron chi connectivity index (χ1n) is 4.99. The zero-order valence-corrected chi connectivity index (χ0v) is 9.40. The van der Waals surface area contributed by atoms with Crippen molar-refractivity contribution in [1.29, 1.82) is 0 Å². The van der Waals surface area contributed by atoms with Gasteiger partial charge in [0.1, 0.15) is 0 Å². The number of rotatable bonds is 3. The average molecular weight is 207 g/mol. The van der Waals surface area contributed by atoms with Crippen LogP contribution in [0, 0.1) is 0 Å². The van der Waals surface area contributed by atoms with E-state index in [0.717, 1.165) is 5.56 Å². The van der Waals surface area contributed by atoms with Gasteiger partial charge in [-0.15, -0.1) is 0 Å². The van der Waals surface area contributed by atoms with E-state index in [2.05, 4.69) is 0 Å². The Kier molecular flexibility index (Phi) is 3.86. The van der Waals surface area contributed by atoms with Gasteiger partial charge in [-0.2, -0.15) is 0 Å². The van der Waals surface area contributed by atoms with Crippen LogP contribution in [0.4, 0.5) is 0 Å². The van der Waals surface area contributed by atoms with Gasteiger partial charge < -0.3 is 10.0 Å². The van der Waals surface area contributed by atoms with Gasteiger partial charge in [0.15, 0.2) is 0 Å². The van der Waals surface area contributed by atoms with Crippen molar-refractivity contribution in [3.05, 3.63) is 35.4 Å². The molecule has 0 fully saturated rings. The van der Waals surface area contributed by atoms with Gasteiger partial charge in [0.25, 0.3) is 5.91 Å². The van der Waals surface area contributed by atoms with Crippen molar-refractivity contribution in [2.24, 2.45) is 0 Å². The molecule has 1 rings (SSSR count). The number of nitrogens with zero attached hydrogens (tertiary/aromatic N) is 1. The molecule has 1 amide bonds. The summed E-state index contributed by atoms with van der Waals surface area (Å²) in [6.45, 7) is 1.75. The number of hydrogen-bond acceptors (Lipinski definition) is 2. The largest absolute Gasteiger partial charge is 0.393 e. The lowest BCUT2D eigenvalue weighted by atomic mass is 10.1. The molecule has 0 aromatic heterocycles. The van der Waals surface area contributed by atoms with E-state index < -0.39 is 0 Å². The highest BCUT2D eigenvalue weighted by Gasteiger charge is 2.07. The minimum absolute atomic E-state index is 0.00130. The molecule has 15 heavy (non-hydrogen) atoms. The second-order valence-corrected chi connectivity index (χ2v) is 3.95. The zero-order valence-electron chi connectivity index (χ0n) is 9.40. The van der Waals surface area contributed by atoms with Crippen molar-refractivity contribution in [2.75, 3.05) is 14.1 Å². The number of carbonyl (C=O) groups is 1. The molecule has 1 aromatic rings. The van der Waals surface area contributed by atoms with Gasteiger partial charge in [-0.3, -0.25) is 4.79 Å². The number of aliphatic hydroxyl groups excluding tert-OH is 1. The van der Waals surface area contributed by atoms with Gasteiger partial charge in [-0.05, 0) is 31.0 Å². The zero-order chi connectivity index (χ0) is 11.4. The number of carbonyl (C=O) groups excluding carboxylic acids is 1. The van der Waals surface area contributed by atoms with Crippen LogP contribution < -0.4 is 0 Å². The van der Waals surface area contributed by atoms with E-state index in [1.54, 1.807) is 38.1 Å². The van der Waals surface area contributed by atoms with Crippen LogP contribution in [-0.4, -0.2) is 36.1 Å². The maximum Gasteiger partial charge on any atom is 0.253 e. The molecule has 0 saturated heterocycles. The summed E-state index contributed by atoms with van der Waals surface area (Å²) in [4.78, 5) is 13.1. The van der Waals surface area contributed by atoms with Gasteiger partial charge in [0.05, 0.1) is 6.10 Å². The van der Waals surface area contributed by atoms with E-state index in [0.29, 0.717) is 12.0 Å². The van der Waals surface area contributed by atoms with Crippen LogP contribution in [0.2, 0.25) is 0 Å². The highest BCUT2D eigenvalue weighted by Crippen LogP contribution is 2.08. The first-order chi connectivity index (χ1) is 7.00. The summed E-state index contributed by atoms with van der Waals surface area (Å²) < 4.78 is 0. The maximum absolute atomic E-state index is 11.6. The molecule has 3 nitrogen and oxygen atoms in total. The van der Waals surface area contributed by atoms with Crippen LogP contribution in [0.5, 0.6) is 0 Å². The molecule has 0 saturated carbocycles. The van der Waals surface area contributed by atoms with Crippen LogP contribution in [0.15, 0.2) is 24.3 Å². The van der Waals surface area contributed by atoms with Crippen molar-refractivity contribution in [2.45, 2.75) is 19.4 Å². The number of amides is 1. The molecule has 1 atom stereocenters. The van der Waals surface area contributed by atoms with Crippen LogP contribution in [0.1, 0.15) is 22.8 Å². The Morgan fingerprint density at radius 3 is 2.27 bits per heavy atom. The summed E-state index contributed by atoms with van der Waals surface area (Å²) in [7, 11) is 3.46. The van der Waals surface area contributed by atoms with Gasteiger partial charge in [-0.25, -0.2) is 0 Å². The predicted octanol–water partition coefficient (Wildman–Crippen LogP) is 1.31. The predicted molar refractivity (Wildman–Crippen MR) is 59.8 cm³/mol. The van der Waals surface area contributed by atoms with E-state index in [9.17, 15) is 9.90 Å². The summed E-state index contributed by atoms with van der Waals surface area (Å²) in [5, 5.41) is 9.20. The number of aliphatic hydroxyl groups is 1. The Balaban J connectivity index is 2.76. The number of hydrogen-bond donors (Lipinski definition) is 1. The van der Waals surface area contributed by atoms with E-state index in [-0.39, 0.29) is 12.0 Å². The molecule has 1 N–H and O–H groups in total. The fraction of sp³-hybridized carbons (Fsp3) is 0.417. The topological polar surface area (TPSA) is 40.5 Å². The molecule has 0 aliphatic heterocycles. The van der Waals surface area contributed by atoms with Crippen molar-refractivity contribution >= 4 is 5.91 Å². The fourth-order valence-electron chi connectivity index (χ4n) is 1.38. The smallest absolute Gasteiger partial charge is 0.253 e. The van der Waals surface area contributed by atoms with E-state index in [1.165, 1.54) is 0 Å². The molecule has 0 spiro atoms. The monoisotopic (exact) mass is 207 g/mol. The summed E-state index contributed by atoms with van der Waals surface area (Å²) in [5.74, 6) is -0.00130. The Labute approximate surface area is 90.3 Å². The maximum atomic E-state index is 11.6. The van der Waals surface area contributed by atoms with Crippen molar-refractivity contribution in [1.82, 2.24) is 4.90 Å². The van der Waals surface area contributed by atoms with Crippen molar-refractivity contribution in [3.63, 3.8) is 0 Å². The van der Waals surface area contributed by atoms with E-state index in [1.807, 2.05) is 12.1 Å². The molecule has 3 heteroatoms. The first kappa shape index (κ1) is 11.7. The highest BCUT2D eigenvalue weighted by atomic mass is 16.3. The third-order valence-corrected chi connectivity index (χ3v) is 2.14. The lowest BCUT2D eigenvalue weighted by Gasteiger charge is -2.10. The first-order valence-corrected chi connectivity index (χ1v) is 4.99. The fourth-order valence-corrected chi connectivity index (χ4v) is 1.38.